The molecule has 3 amide bonds. The van der Waals surface area contributed by atoms with Crippen molar-refractivity contribution in [2.75, 3.05) is 13.2 Å². The fourth-order valence-electron chi connectivity index (χ4n) is 2.06. The molecule has 126 valence electrons. The molecule has 2 rings (SSSR count). The number of aromatic nitrogens is 1. The molecule has 7 nitrogen and oxygen atoms in total. The Morgan fingerprint density at radius 2 is 1.96 bits per heavy atom. The maximum absolute atomic E-state index is 12.1. The summed E-state index contributed by atoms with van der Waals surface area (Å²) in [6.07, 6.45) is 3.34. The van der Waals surface area contributed by atoms with Crippen molar-refractivity contribution >= 4 is 28.8 Å². The summed E-state index contributed by atoms with van der Waals surface area (Å²) in [5.41, 5.74) is 0.774. The lowest BCUT2D eigenvalue weighted by Gasteiger charge is -2.08. The second-order valence-corrected chi connectivity index (χ2v) is 5.11. The summed E-state index contributed by atoms with van der Waals surface area (Å²) in [5.74, 6) is -1.36. The molecule has 0 unspecified atom stereocenters. The second-order valence-electron chi connectivity index (χ2n) is 5.11. The van der Waals surface area contributed by atoms with Crippen molar-refractivity contribution in [2.45, 2.75) is 19.8 Å². The van der Waals surface area contributed by atoms with E-state index in [9.17, 15) is 14.4 Å². The topological polar surface area (TPSA) is 97.4 Å². The molecule has 0 bridgehead atoms. The van der Waals surface area contributed by atoms with Gasteiger partial charge in [0.2, 0.25) is 0 Å². The van der Waals surface area contributed by atoms with Crippen LogP contribution in [0, 0.1) is 0 Å². The maximum atomic E-state index is 12.1. The van der Waals surface area contributed by atoms with Crippen LogP contribution in [-0.4, -0.2) is 36.0 Å². The number of hydrogen-bond acceptors (Lipinski definition) is 5. The van der Waals surface area contributed by atoms with E-state index in [4.69, 9.17) is 4.74 Å². The first-order valence-corrected chi connectivity index (χ1v) is 7.70. The van der Waals surface area contributed by atoms with Crippen molar-refractivity contribution in [1.82, 2.24) is 15.6 Å². The number of imide groups is 1. The Morgan fingerprint density at radius 3 is 2.75 bits per heavy atom. The quantitative estimate of drug-likeness (QED) is 0.624. The Balaban J connectivity index is 1.88. The highest BCUT2D eigenvalue weighted by Gasteiger charge is 2.15. The van der Waals surface area contributed by atoms with Gasteiger partial charge in [0.05, 0.1) is 11.1 Å². The molecule has 0 radical (unpaired) electrons. The average molecular weight is 329 g/mol. The molecule has 2 aromatic rings. The number of para-hydroxylation sites is 1. The Bertz CT molecular complexity index is 740. The third kappa shape index (κ3) is 4.77. The van der Waals surface area contributed by atoms with E-state index in [2.05, 4.69) is 15.6 Å². The Morgan fingerprint density at radius 1 is 1.17 bits per heavy atom. The zero-order chi connectivity index (χ0) is 17.4. The van der Waals surface area contributed by atoms with E-state index < -0.39 is 24.5 Å². The first kappa shape index (κ1) is 17.4. The van der Waals surface area contributed by atoms with Crippen LogP contribution in [0.5, 0.6) is 0 Å². The SMILES string of the molecule is CCCCNC(=O)NC(=O)COC(=O)c1cccc2cccnc12. The lowest BCUT2D eigenvalue weighted by Crippen LogP contribution is -2.41. The molecular formula is C17H19N3O4. The minimum absolute atomic E-state index is 0.272. The van der Waals surface area contributed by atoms with E-state index >= 15 is 0 Å². The van der Waals surface area contributed by atoms with Gasteiger partial charge in [0.25, 0.3) is 5.91 Å². The van der Waals surface area contributed by atoms with Crippen LogP contribution in [0.15, 0.2) is 36.5 Å². The van der Waals surface area contributed by atoms with Crippen molar-refractivity contribution in [3.63, 3.8) is 0 Å². The number of rotatable bonds is 6. The molecule has 2 N–H and O–H groups in total. The normalized spacial score (nSPS) is 10.2. The van der Waals surface area contributed by atoms with Gasteiger partial charge in [-0.3, -0.25) is 15.1 Å². The molecule has 0 atom stereocenters. The molecule has 24 heavy (non-hydrogen) atoms. The third-order valence-corrected chi connectivity index (χ3v) is 3.26. The molecule has 1 aromatic heterocycles. The van der Waals surface area contributed by atoms with Crippen molar-refractivity contribution in [1.29, 1.82) is 0 Å². The van der Waals surface area contributed by atoms with Crippen LogP contribution >= 0.6 is 0 Å². The lowest BCUT2D eigenvalue weighted by molar-refractivity contribution is -0.123. The molecule has 7 heteroatoms. The van der Waals surface area contributed by atoms with Gasteiger partial charge in [-0.05, 0) is 18.6 Å². The standard InChI is InChI=1S/C17H19N3O4/c1-2-3-9-19-17(23)20-14(21)11-24-16(22)13-8-4-6-12-7-5-10-18-15(12)13/h4-8,10H,2-3,9,11H2,1H3,(H2,19,20,21,23). The van der Waals surface area contributed by atoms with Crippen molar-refractivity contribution in [3.8, 4) is 0 Å². The summed E-state index contributed by atoms with van der Waals surface area (Å²) in [7, 11) is 0. The Kier molecular flexibility index (Phi) is 6.24. The third-order valence-electron chi connectivity index (χ3n) is 3.26. The van der Waals surface area contributed by atoms with Gasteiger partial charge in [0.15, 0.2) is 6.61 Å². The number of carbonyl (C=O) groups excluding carboxylic acids is 3. The summed E-state index contributed by atoms with van der Waals surface area (Å²) < 4.78 is 4.95. The van der Waals surface area contributed by atoms with Crippen LogP contribution in [0.2, 0.25) is 0 Å². The molecule has 1 aromatic carbocycles. The molecule has 0 aliphatic rings. The van der Waals surface area contributed by atoms with Crippen LogP contribution in [0.1, 0.15) is 30.1 Å². The number of nitrogens with one attached hydrogen (secondary N) is 2. The predicted molar refractivity (Wildman–Crippen MR) is 88.5 cm³/mol. The van der Waals surface area contributed by atoms with Gasteiger partial charge in [-0.15, -0.1) is 0 Å². The van der Waals surface area contributed by atoms with Gasteiger partial charge in [-0.1, -0.05) is 31.5 Å². The Hall–Kier alpha value is -2.96. The lowest BCUT2D eigenvalue weighted by atomic mass is 10.1. The van der Waals surface area contributed by atoms with E-state index in [1.807, 2.05) is 19.1 Å². The number of pyridine rings is 1. The molecule has 1 heterocycles. The monoisotopic (exact) mass is 329 g/mol. The number of urea groups is 1. The number of hydrogen-bond donors (Lipinski definition) is 2. The van der Waals surface area contributed by atoms with Crippen LogP contribution < -0.4 is 10.6 Å². The summed E-state index contributed by atoms with van der Waals surface area (Å²) in [6.45, 7) is 1.94. The highest BCUT2D eigenvalue weighted by Crippen LogP contribution is 2.16. The summed E-state index contributed by atoms with van der Waals surface area (Å²) >= 11 is 0. The maximum Gasteiger partial charge on any atom is 0.340 e. The molecule has 0 aliphatic carbocycles. The number of fused-ring (bicyclic) bond motifs is 1. The molecular weight excluding hydrogens is 310 g/mol. The highest BCUT2D eigenvalue weighted by atomic mass is 16.5. The molecule has 0 saturated carbocycles. The Labute approximate surface area is 139 Å². The molecule has 0 spiro atoms. The van der Waals surface area contributed by atoms with Crippen LogP contribution in [0.3, 0.4) is 0 Å². The number of amides is 3. The second kappa shape index (κ2) is 8.61. The number of benzene rings is 1. The van der Waals surface area contributed by atoms with Crippen LogP contribution in [0.4, 0.5) is 4.79 Å². The number of nitrogens with zero attached hydrogens (tertiary/aromatic N) is 1. The van der Waals surface area contributed by atoms with Gasteiger partial charge in [0.1, 0.15) is 0 Å². The minimum atomic E-state index is -0.689. The fraction of sp³-hybridized carbons (Fsp3) is 0.294. The van der Waals surface area contributed by atoms with Gasteiger partial charge in [-0.25, -0.2) is 9.59 Å². The van der Waals surface area contributed by atoms with Gasteiger partial charge in [0, 0.05) is 18.1 Å². The van der Waals surface area contributed by atoms with E-state index in [0.29, 0.717) is 12.1 Å². The molecule has 0 aliphatic heterocycles. The van der Waals surface area contributed by atoms with Crippen LogP contribution in [-0.2, 0) is 9.53 Å². The highest BCUT2D eigenvalue weighted by molar-refractivity contribution is 6.03. The van der Waals surface area contributed by atoms with Crippen molar-refractivity contribution < 1.29 is 19.1 Å². The van der Waals surface area contributed by atoms with Crippen molar-refractivity contribution in [2.24, 2.45) is 0 Å². The number of esters is 1. The van der Waals surface area contributed by atoms with Gasteiger partial charge >= 0.3 is 12.0 Å². The van der Waals surface area contributed by atoms with E-state index in [-0.39, 0.29) is 5.56 Å². The first-order valence-electron chi connectivity index (χ1n) is 7.70. The predicted octanol–water partition coefficient (Wildman–Crippen LogP) is 2.02. The summed E-state index contributed by atoms with van der Waals surface area (Å²) in [6, 6.07) is 8.10. The average Bonchev–Trinajstić information content (AvgIpc) is 2.59. The van der Waals surface area contributed by atoms with Crippen LogP contribution in [0.25, 0.3) is 10.9 Å². The first-order chi connectivity index (χ1) is 11.6. The van der Waals surface area contributed by atoms with Crippen molar-refractivity contribution in [3.05, 3.63) is 42.1 Å². The summed E-state index contributed by atoms with van der Waals surface area (Å²) in [4.78, 5) is 39.3. The molecule has 0 fully saturated rings. The zero-order valence-corrected chi connectivity index (χ0v) is 13.4. The smallest absolute Gasteiger partial charge is 0.340 e. The number of unbranched alkanes of at least 4 members (excludes halogenated alkanes) is 1. The summed E-state index contributed by atoms with van der Waals surface area (Å²) in [5, 5.41) is 5.44. The number of carbonyl (C=O) groups is 3. The largest absolute Gasteiger partial charge is 0.452 e. The fourth-order valence-corrected chi connectivity index (χ4v) is 2.06. The van der Waals surface area contributed by atoms with E-state index in [1.165, 1.54) is 0 Å². The number of ether oxygens (including phenoxy) is 1. The van der Waals surface area contributed by atoms with Gasteiger partial charge < -0.3 is 10.1 Å². The zero-order valence-electron chi connectivity index (χ0n) is 13.4. The molecule has 0 saturated heterocycles. The van der Waals surface area contributed by atoms with E-state index in [0.717, 1.165) is 18.2 Å². The minimum Gasteiger partial charge on any atom is -0.452 e. The van der Waals surface area contributed by atoms with E-state index in [1.54, 1.807) is 24.4 Å². The van der Waals surface area contributed by atoms with Gasteiger partial charge in [-0.2, -0.15) is 0 Å².